The van der Waals surface area contributed by atoms with Gasteiger partial charge in [-0.2, -0.15) is 0 Å². The molecule has 1 fully saturated rings. The maximum absolute atomic E-state index is 11.3. The summed E-state index contributed by atoms with van der Waals surface area (Å²) in [5.41, 5.74) is 0.875. The normalized spacial score (nSPS) is 19.1. The number of thiophene rings is 1. The monoisotopic (exact) mass is 299 g/mol. The number of sulfonamides is 1. The first-order valence-electron chi connectivity index (χ1n) is 5.73. The third kappa shape index (κ3) is 2.28. The van der Waals surface area contributed by atoms with Crippen LogP contribution < -0.4 is 5.14 Å². The molecule has 0 atom stereocenters. The van der Waals surface area contributed by atoms with Gasteiger partial charge in [-0.15, -0.1) is 11.3 Å². The van der Waals surface area contributed by atoms with Gasteiger partial charge in [0.05, 0.1) is 13.2 Å². The van der Waals surface area contributed by atoms with E-state index in [1.165, 1.54) is 0 Å². The highest BCUT2D eigenvalue weighted by Gasteiger charge is 2.33. The van der Waals surface area contributed by atoms with Gasteiger partial charge in [-0.3, -0.25) is 0 Å². The van der Waals surface area contributed by atoms with Crippen LogP contribution in [0.3, 0.4) is 0 Å². The van der Waals surface area contributed by atoms with Gasteiger partial charge in [0.25, 0.3) is 0 Å². The molecule has 0 bridgehead atoms. The van der Waals surface area contributed by atoms with E-state index in [0.29, 0.717) is 13.2 Å². The Kier molecular flexibility index (Phi) is 2.91. The largest absolute Gasteiger partial charge is 0.344 e. The van der Waals surface area contributed by atoms with Crippen LogP contribution in [0, 0.1) is 0 Å². The highest BCUT2D eigenvalue weighted by atomic mass is 32.2. The highest BCUT2D eigenvalue weighted by molar-refractivity contribution is 7.91. The molecule has 7 heteroatoms. The quantitative estimate of drug-likeness (QED) is 0.916. The maximum Gasteiger partial charge on any atom is 0.247 e. The predicted octanol–water partition coefficient (Wildman–Crippen LogP) is 1.77. The molecule has 2 N–H and O–H groups in total. The molecule has 19 heavy (non-hydrogen) atoms. The summed E-state index contributed by atoms with van der Waals surface area (Å²) in [6, 6.07) is 7.21. The fraction of sp³-hybridized carbons (Fsp3) is 0.333. The molecule has 1 saturated heterocycles. The van der Waals surface area contributed by atoms with Crippen LogP contribution in [0.2, 0.25) is 0 Å². The van der Waals surface area contributed by atoms with Crippen molar-refractivity contribution in [3.8, 4) is 0 Å². The number of fused-ring (bicyclic) bond motifs is 1. The average molecular weight is 299 g/mol. The van der Waals surface area contributed by atoms with Crippen molar-refractivity contribution in [1.29, 1.82) is 0 Å². The van der Waals surface area contributed by atoms with Crippen molar-refractivity contribution in [2.75, 3.05) is 13.2 Å². The number of hydrogen-bond donors (Lipinski definition) is 1. The van der Waals surface area contributed by atoms with E-state index in [1.807, 2.05) is 25.1 Å². The van der Waals surface area contributed by atoms with Crippen LogP contribution >= 0.6 is 11.3 Å². The number of ether oxygens (including phenoxy) is 2. The van der Waals surface area contributed by atoms with E-state index in [-0.39, 0.29) is 4.21 Å². The van der Waals surface area contributed by atoms with Gasteiger partial charge in [0.1, 0.15) is 4.21 Å². The van der Waals surface area contributed by atoms with Gasteiger partial charge < -0.3 is 9.47 Å². The minimum atomic E-state index is -3.66. The molecule has 2 heterocycles. The zero-order valence-corrected chi connectivity index (χ0v) is 11.9. The van der Waals surface area contributed by atoms with Crippen molar-refractivity contribution in [2.24, 2.45) is 5.14 Å². The summed E-state index contributed by atoms with van der Waals surface area (Å²) >= 11 is 1.15. The van der Waals surface area contributed by atoms with Crippen molar-refractivity contribution in [1.82, 2.24) is 0 Å². The Morgan fingerprint density at radius 3 is 2.58 bits per heavy atom. The molecular formula is C12H13NO4S2. The number of hydrogen-bond acceptors (Lipinski definition) is 5. The van der Waals surface area contributed by atoms with Crippen molar-refractivity contribution in [3.05, 3.63) is 29.8 Å². The predicted molar refractivity (Wildman–Crippen MR) is 72.5 cm³/mol. The van der Waals surface area contributed by atoms with Crippen molar-refractivity contribution in [2.45, 2.75) is 16.9 Å². The molecule has 3 rings (SSSR count). The van der Waals surface area contributed by atoms with Crippen LogP contribution in [-0.2, 0) is 25.3 Å². The van der Waals surface area contributed by atoms with Crippen LogP contribution in [0.5, 0.6) is 0 Å². The van der Waals surface area contributed by atoms with Crippen molar-refractivity contribution >= 4 is 31.4 Å². The van der Waals surface area contributed by atoms with Crippen LogP contribution in [0.4, 0.5) is 0 Å². The summed E-state index contributed by atoms with van der Waals surface area (Å²) in [5.74, 6) is -0.750. The molecule has 1 aliphatic heterocycles. The molecule has 2 aromatic rings. The summed E-state index contributed by atoms with van der Waals surface area (Å²) in [7, 11) is -3.66. The molecule has 5 nitrogen and oxygen atoms in total. The Morgan fingerprint density at radius 2 is 1.95 bits per heavy atom. The highest BCUT2D eigenvalue weighted by Crippen LogP contribution is 2.35. The first kappa shape index (κ1) is 13.0. The number of rotatable bonds is 2. The van der Waals surface area contributed by atoms with Gasteiger partial charge >= 0.3 is 0 Å². The molecule has 0 aliphatic carbocycles. The zero-order valence-electron chi connectivity index (χ0n) is 10.3. The van der Waals surface area contributed by atoms with Gasteiger partial charge in [-0.1, -0.05) is 12.1 Å². The second-order valence-corrected chi connectivity index (χ2v) is 7.38. The molecule has 0 spiro atoms. The summed E-state index contributed by atoms with van der Waals surface area (Å²) in [6.07, 6.45) is 0. The lowest BCUT2D eigenvalue weighted by molar-refractivity contribution is -0.149. The van der Waals surface area contributed by atoms with E-state index < -0.39 is 15.8 Å². The Balaban J connectivity index is 2.11. The molecule has 1 aromatic carbocycles. The Labute approximate surface area is 115 Å². The third-order valence-electron chi connectivity index (χ3n) is 3.14. The summed E-state index contributed by atoms with van der Waals surface area (Å²) < 4.78 is 34.9. The smallest absolute Gasteiger partial charge is 0.247 e. The number of primary sulfonamides is 1. The first-order valence-corrected chi connectivity index (χ1v) is 8.10. The molecule has 0 unspecified atom stereocenters. The fourth-order valence-corrected chi connectivity index (χ4v) is 3.97. The van der Waals surface area contributed by atoms with Crippen LogP contribution in [0.25, 0.3) is 10.1 Å². The van der Waals surface area contributed by atoms with Gasteiger partial charge in [-0.25, -0.2) is 13.6 Å². The van der Waals surface area contributed by atoms with E-state index in [2.05, 4.69) is 0 Å². The third-order valence-corrected chi connectivity index (χ3v) is 5.66. The fourth-order valence-electron chi connectivity index (χ4n) is 2.11. The number of benzene rings is 1. The van der Waals surface area contributed by atoms with Gasteiger partial charge in [-0.05, 0) is 24.4 Å². The second-order valence-electron chi connectivity index (χ2n) is 4.51. The van der Waals surface area contributed by atoms with Gasteiger partial charge in [0.2, 0.25) is 10.0 Å². The van der Waals surface area contributed by atoms with Crippen LogP contribution in [0.1, 0.15) is 12.5 Å². The van der Waals surface area contributed by atoms with Crippen molar-refractivity contribution in [3.63, 3.8) is 0 Å². The average Bonchev–Trinajstić information content (AvgIpc) is 2.93. The zero-order chi connectivity index (χ0) is 13.7. The molecule has 102 valence electrons. The lowest BCUT2D eigenvalue weighted by Crippen LogP contribution is -2.21. The molecule has 0 saturated carbocycles. The molecule has 1 aliphatic rings. The molecule has 1 aromatic heterocycles. The summed E-state index contributed by atoms with van der Waals surface area (Å²) in [4.78, 5) is 0. The summed E-state index contributed by atoms with van der Waals surface area (Å²) in [6.45, 7) is 2.97. The minimum Gasteiger partial charge on any atom is -0.344 e. The van der Waals surface area contributed by atoms with E-state index in [9.17, 15) is 8.42 Å². The van der Waals surface area contributed by atoms with E-state index in [1.54, 1.807) is 6.07 Å². The van der Waals surface area contributed by atoms with E-state index in [4.69, 9.17) is 14.6 Å². The topological polar surface area (TPSA) is 78.6 Å². The first-order chi connectivity index (χ1) is 8.88. The Hall–Kier alpha value is -0.990. The maximum atomic E-state index is 11.3. The van der Waals surface area contributed by atoms with E-state index in [0.717, 1.165) is 27.0 Å². The van der Waals surface area contributed by atoms with Crippen LogP contribution in [-0.4, -0.2) is 21.6 Å². The standard InChI is InChI=1S/C12H13NO4S2/c1-12(16-4-5-17-12)9-3-2-8-6-11(19(13,14)15)18-10(8)7-9/h2-3,6-7H,4-5H2,1H3,(H2,13,14,15). The molecule has 0 amide bonds. The second kappa shape index (κ2) is 4.26. The lowest BCUT2D eigenvalue weighted by atomic mass is 10.1. The van der Waals surface area contributed by atoms with E-state index >= 15 is 0 Å². The minimum absolute atomic E-state index is 0.165. The van der Waals surface area contributed by atoms with Crippen molar-refractivity contribution < 1.29 is 17.9 Å². The molecule has 0 radical (unpaired) electrons. The van der Waals surface area contributed by atoms with Crippen LogP contribution in [0.15, 0.2) is 28.5 Å². The SMILES string of the molecule is CC1(c2ccc3cc(S(N)(=O)=O)sc3c2)OCCO1. The number of nitrogens with two attached hydrogens (primary N) is 1. The summed E-state index contributed by atoms with van der Waals surface area (Å²) in [5, 5.41) is 5.99. The Morgan fingerprint density at radius 1 is 1.26 bits per heavy atom. The lowest BCUT2D eigenvalue weighted by Gasteiger charge is -2.22. The Bertz CT molecular complexity index is 729. The van der Waals surface area contributed by atoms with Gasteiger partial charge in [0, 0.05) is 10.3 Å². The molecular weight excluding hydrogens is 286 g/mol. The van der Waals surface area contributed by atoms with Gasteiger partial charge in [0.15, 0.2) is 5.79 Å².